The van der Waals surface area contributed by atoms with Crippen LogP contribution in [-0.4, -0.2) is 5.97 Å². The molecule has 0 radical (unpaired) electrons. The minimum atomic E-state index is -0.435. The van der Waals surface area contributed by atoms with Gasteiger partial charge in [0, 0.05) is 0 Å². The molecule has 0 aliphatic rings. The predicted molar refractivity (Wildman–Crippen MR) is 78.0 cm³/mol. The summed E-state index contributed by atoms with van der Waals surface area (Å²) in [4.78, 5) is 12.2. The van der Waals surface area contributed by atoms with Crippen molar-refractivity contribution < 1.29 is 14.3 Å². The van der Waals surface area contributed by atoms with Crippen molar-refractivity contribution in [3.63, 3.8) is 0 Å². The van der Waals surface area contributed by atoms with E-state index < -0.39 is 5.97 Å². The fourth-order valence-electron chi connectivity index (χ4n) is 1.69. The molecular formula is C17H16O3. The van der Waals surface area contributed by atoms with E-state index >= 15 is 0 Å². The molecule has 0 spiro atoms. The molecule has 2 rings (SSSR count). The summed E-state index contributed by atoms with van der Waals surface area (Å²) in [5.41, 5.74) is 1.42. The van der Waals surface area contributed by atoms with Gasteiger partial charge in [-0.15, -0.1) is 0 Å². The van der Waals surface area contributed by atoms with Crippen LogP contribution in [0.3, 0.4) is 0 Å². The zero-order valence-electron chi connectivity index (χ0n) is 11.5. The molecule has 2 aromatic rings. The number of esters is 1. The van der Waals surface area contributed by atoms with Crippen molar-refractivity contribution >= 4 is 5.97 Å². The Kier molecular flexibility index (Phi) is 4.56. The Labute approximate surface area is 118 Å². The number of ether oxygens (including phenoxy) is 2. The molecule has 0 amide bonds. The summed E-state index contributed by atoms with van der Waals surface area (Å²) >= 11 is 0. The first-order valence-electron chi connectivity index (χ1n) is 6.36. The minimum Gasteiger partial charge on any atom is -0.464 e. The largest absolute Gasteiger partial charge is 0.464 e. The van der Waals surface area contributed by atoms with Gasteiger partial charge in [0.05, 0.1) is 6.26 Å². The topological polar surface area (TPSA) is 35.5 Å². The van der Waals surface area contributed by atoms with Gasteiger partial charge in [0.2, 0.25) is 0 Å². The SMILES string of the molecule is CC=COc1cc(C)ccc1C(=O)Oc1ccccc1. The van der Waals surface area contributed by atoms with Gasteiger partial charge in [-0.3, -0.25) is 0 Å². The van der Waals surface area contributed by atoms with Gasteiger partial charge in [-0.05, 0) is 43.7 Å². The Hall–Kier alpha value is -2.55. The quantitative estimate of drug-likeness (QED) is 0.475. The summed E-state index contributed by atoms with van der Waals surface area (Å²) in [6.07, 6.45) is 3.29. The lowest BCUT2D eigenvalue weighted by Crippen LogP contribution is -2.10. The first kappa shape index (κ1) is 13.9. The van der Waals surface area contributed by atoms with Crippen LogP contribution in [0.4, 0.5) is 0 Å². The summed E-state index contributed by atoms with van der Waals surface area (Å²) < 4.78 is 10.8. The molecule has 0 atom stereocenters. The van der Waals surface area contributed by atoms with Gasteiger partial charge in [-0.1, -0.05) is 30.3 Å². The van der Waals surface area contributed by atoms with Crippen LogP contribution in [0.2, 0.25) is 0 Å². The van der Waals surface area contributed by atoms with Crippen LogP contribution in [-0.2, 0) is 0 Å². The normalized spacial score (nSPS) is 10.5. The van der Waals surface area contributed by atoms with E-state index in [4.69, 9.17) is 9.47 Å². The van der Waals surface area contributed by atoms with Gasteiger partial charge < -0.3 is 9.47 Å². The van der Waals surface area contributed by atoms with E-state index in [0.29, 0.717) is 17.1 Å². The molecule has 0 N–H and O–H groups in total. The van der Waals surface area contributed by atoms with Crippen molar-refractivity contribution in [3.05, 3.63) is 72.0 Å². The van der Waals surface area contributed by atoms with Crippen molar-refractivity contribution in [1.29, 1.82) is 0 Å². The summed E-state index contributed by atoms with van der Waals surface area (Å²) in [5.74, 6) is 0.565. The lowest BCUT2D eigenvalue weighted by Gasteiger charge is -2.09. The molecule has 3 heteroatoms. The first-order chi connectivity index (χ1) is 9.70. The van der Waals surface area contributed by atoms with Crippen molar-refractivity contribution in [2.45, 2.75) is 13.8 Å². The summed E-state index contributed by atoms with van der Waals surface area (Å²) in [6, 6.07) is 14.3. The number of hydrogen-bond acceptors (Lipinski definition) is 3. The number of allylic oxidation sites excluding steroid dienone is 1. The van der Waals surface area contributed by atoms with E-state index in [2.05, 4.69) is 0 Å². The molecule has 0 saturated carbocycles. The molecule has 0 aromatic heterocycles. The predicted octanol–water partition coefficient (Wildman–Crippen LogP) is 4.13. The Morgan fingerprint density at radius 3 is 2.55 bits per heavy atom. The van der Waals surface area contributed by atoms with Gasteiger partial charge >= 0.3 is 5.97 Å². The monoisotopic (exact) mass is 268 g/mol. The maximum Gasteiger partial charge on any atom is 0.347 e. The number of rotatable bonds is 4. The molecule has 0 saturated heterocycles. The number of hydrogen-bond donors (Lipinski definition) is 0. The molecule has 2 aromatic carbocycles. The van der Waals surface area contributed by atoms with E-state index in [-0.39, 0.29) is 0 Å². The van der Waals surface area contributed by atoms with Crippen LogP contribution in [0.15, 0.2) is 60.9 Å². The summed E-state index contributed by atoms with van der Waals surface area (Å²) in [5, 5.41) is 0. The Morgan fingerprint density at radius 1 is 1.10 bits per heavy atom. The van der Waals surface area contributed by atoms with Crippen LogP contribution in [0, 0.1) is 6.92 Å². The second-order valence-electron chi connectivity index (χ2n) is 4.29. The smallest absolute Gasteiger partial charge is 0.347 e. The van der Waals surface area contributed by atoms with Crippen LogP contribution in [0.25, 0.3) is 0 Å². The highest BCUT2D eigenvalue weighted by Crippen LogP contribution is 2.22. The van der Waals surface area contributed by atoms with Crippen LogP contribution in [0.5, 0.6) is 11.5 Å². The number of benzene rings is 2. The van der Waals surface area contributed by atoms with Crippen LogP contribution in [0.1, 0.15) is 22.8 Å². The third-order valence-corrected chi connectivity index (χ3v) is 2.64. The standard InChI is InChI=1S/C17H16O3/c1-3-11-19-16-12-13(2)9-10-15(16)17(18)20-14-7-5-4-6-8-14/h3-12H,1-2H3. The fourth-order valence-corrected chi connectivity index (χ4v) is 1.69. The molecular weight excluding hydrogens is 252 g/mol. The molecule has 0 fully saturated rings. The summed E-state index contributed by atoms with van der Waals surface area (Å²) in [7, 11) is 0. The first-order valence-corrected chi connectivity index (χ1v) is 6.36. The van der Waals surface area contributed by atoms with Crippen LogP contribution < -0.4 is 9.47 Å². The third kappa shape index (κ3) is 3.48. The van der Waals surface area contributed by atoms with Crippen molar-refractivity contribution in [1.82, 2.24) is 0 Å². The lowest BCUT2D eigenvalue weighted by atomic mass is 10.1. The molecule has 0 heterocycles. The lowest BCUT2D eigenvalue weighted by molar-refractivity contribution is 0.0732. The molecule has 20 heavy (non-hydrogen) atoms. The number of carbonyl (C=O) groups excluding carboxylic acids is 1. The zero-order chi connectivity index (χ0) is 14.4. The van der Waals surface area contributed by atoms with Crippen molar-refractivity contribution in [2.75, 3.05) is 0 Å². The minimum absolute atomic E-state index is 0.401. The van der Waals surface area contributed by atoms with Crippen LogP contribution >= 0.6 is 0 Å². The Bertz CT molecular complexity index is 615. The average molecular weight is 268 g/mol. The Morgan fingerprint density at radius 2 is 1.85 bits per heavy atom. The van der Waals surface area contributed by atoms with Gasteiger partial charge in [0.25, 0.3) is 0 Å². The van der Waals surface area contributed by atoms with Gasteiger partial charge in [0.1, 0.15) is 17.1 Å². The highest BCUT2D eigenvalue weighted by atomic mass is 16.5. The fraction of sp³-hybridized carbons (Fsp3) is 0.118. The zero-order valence-corrected chi connectivity index (χ0v) is 11.5. The van der Waals surface area contributed by atoms with E-state index in [0.717, 1.165) is 5.56 Å². The maximum absolute atomic E-state index is 12.2. The molecule has 0 unspecified atom stereocenters. The van der Waals surface area contributed by atoms with Gasteiger partial charge in [-0.25, -0.2) is 4.79 Å². The number of aryl methyl sites for hydroxylation is 1. The van der Waals surface area contributed by atoms with E-state index in [1.165, 1.54) is 6.26 Å². The number of para-hydroxylation sites is 1. The van der Waals surface area contributed by atoms with E-state index in [1.54, 1.807) is 24.3 Å². The van der Waals surface area contributed by atoms with Gasteiger partial charge in [-0.2, -0.15) is 0 Å². The highest BCUT2D eigenvalue weighted by Gasteiger charge is 2.14. The highest BCUT2D eigenvalue weighted by molar-refractivity contribution is 5.94. The third-order valence-electron chi connectivity index (χ3n) is 2.64. The van der Waals surface area contributed by atoms with Crippen molar-refractivity contribution in [2.24, 2.45) is 0 Å². The van der Waals surface area contributed by atoms with E-state index in [1.807, 2.05) is 44.2 Å². The molecule has 0 aliphatic heterocycles. The summed E-state index contributed by atoms with van der Waals surface area (Å²) in [6.45, 7) is 3.78. The van der Waals surface area contributed by atoms with Gasteiger partial charge in [0.15, 0.2) is 0 Å². The van der Waals surface area contributed by atoms with Crippen molar-refractivity contribution in [3.8, 4) is 11.5 Å². The average Bonchev–Trinajstić information content (AvgIpc) is 2.46. The molecule has 3 nitrogen and oxygen atoms in total. The van der Waals surface area contributed by atoms with E-state index in [9.17, 15) is 4.79 Å². The second kappa shape index (κ2) is 6.57. The Balaban J connectivity index is 2.25. The molecule has 0 aliphatic carbocycles. The maximum atomic E-state index is 12.2. The molecule has 0 bridgehead atoms. The molecule has 102 valence electrons. The number of carbonyl (C=O) groups is 1. The second-order valence-corrected chi connectivity index (χ2v) is 4.29.